The van der Waals surface area contributed by atoms with E-state index in [0.717, 1.165) is 43.3 Å². The number of nitrogens with zero attached hydrogens (tertiary/aromatic N) is 3. The molecule has 0 N–H and O–H groups in total. The van der Waals surface area contributed by atoms with Crippen LogP contribution in [0.5, 0.6) is 0 Å². The van der Waals surface area contributed by atoms with Crippen molar-refractivity contribution in [1.82, 2.24) is 4.98 Å². The van der Waals surface area contributed by atoms with Crippen molar-refractivity contribution in [2.24, 2.45) is 5.92 Å². The van der Waals surface area contributed by atoms with Gasteiger partial charge in [0.2, 0.25) is 0 Å². The van der Waals surface area contributed by atoms with Gasteiger partial charge in [0.25, 0.3) is 5.91 Å². The Morgan fingerprint density at radius 2 is 1.92 bits per heavy atom. The Morgan fingerprint density at radius 1 is 1.12 bits per heavy atom. The molecular weight excluding hydrogens is 298 g/mol. The van der Waals surface area contributed by atoms with E-state index < -0.39 is 0 Å². The number of pyridine rings is 1. The van der Waals surface area contributed by atoms with Gasteiger partial charge in [-0.1, -0.05) is 25.1 Å². The third-order valence-corrected chi connectivity index (χ3v) is 5.24. The van der Waals surface area contributed by atoms with Crippen LogP contribution in [0, 0.1) is 5.92 Å². The van der Waals surface area contributed by atoms with Gasteiger partial charge < -0.3 is 9.80 Å². The highest BCUT2D eigenvalue weighted by Gasteiger charge is 2.26. The number of hydrogen-bond donors (Lipinski definition) is 0. The van der Waals surface area contributed by atoms with Crippen molar-refractivity contribution in [2.75, 3.05) is 29.4 Å². The van der Waals surface area contributed by atoms with Gasteiger partial charge in [-0.3, -0.25) is 9.78 Å². The zero-order chi connectivity index (χ0) is 16.5. The first kappa shape index (κ1) is 15.2. The minimum atomic E-state index is 0.00665. The number of fused-ring (bicyclic) bond motifs is 1. The molecule has 0 unspecified atom stereocenters. The van der Waals surface area contributed by atoms with Crippen LogP contribution in [0.1, 0.15) is 35.8 Å². The van der Waals surface area contributed by atoms with Crippen molar-refractivity contribution >= 4 is 17.3 Å². The van der Waals surface area contributed by atoms with Crippen LogP contribution in [0.15, 0.2) is 42.6 Å². The Kier molecular flexibility index (Phi) is 3.97. The van der Waals surface area contributed by atoms with E-state index in [4.69, 9.17) is 0 Å². The van der Waals surface area contributed by atoms with E-state index in [1.807, 2.05) is 35.2 Å². The predicted octanol–water partition coefficient (Wildman–Crippen LogP) is 3.52. The molecule has 3 heterocycles. The van der Waals surface area contributed by atoms with Crippen LogP contribution in [-0.4, -0.2) is 30.5 Å². The minimum absolute atomic E-state index is 0.00665. The number of amides is 1. The fourth-order valence-corrected chi connectivity index (χ4v) is 3.69. The second kappa shape index (κ2) is 6.27. The van der Waals surface area contributed by atoms with Crippen molar-refractivity contribution < 1.29 is 4.79 Å². The first-order valence-electron chi connectivity index (χ1n) is 8.83. The summed E-state index contributed by atoms with van der Waals surface area (Å²) >= 11 is 0. The van der Waals surface area contributed by atoms with Gasteiger partial charge in [-0.15, -0.1) is 0 Å². The van der Waals surface area contributed by atoms with Crippen molar-refractivity contribution in [2.45, 2.75) is 26.2 Å². The minimum Gasteiger partial charge on any atom is -0.371 e. The first-order valence-corrected chi connectivity index (χ1v) is 8.83. The van der Waals surface area contributed by atoms with Crippen LogP contribution in [0.25, 0.3) is 0 Å². The fourth-order valence-electron chi connectivity index (χ4n) is 3.69. The second-order valence-electron chi connectivity index (χ2n) is 6.90. The van der Waals surface area contributed by atoms with Crippen LogP contribution in [0.2, 0.25) is 0 Å². The zero-order valence-electron chi connectivity index (χ0n) is 14.1. The number of para-hydroxylation sites is 1. The first-order chi connectivity index (χ1) is 11.7. The van der Waals surface area contributed by atoms with Crippen LogP contribution in [-0.2, 0) is 6.42 Å². The van der Waals surface area contributed by atoms with E-state index in [0.29, 0.717) is 5.69 Å². The van der Waals surface area contributed by atoms with Gasteiger partial charge in [-0.05, 0) is 48.9 Å². The van der Waals surface area contributed by atoms with Crippen LogP contribution < -0.4 is 9.80 Å². The molecule has 4 rings (SSSR count). The summed E-state index contributed by atoms with van der Waals surface area (Å²) in [6.45, 7) is 5.17. The molecule has 2 aliphatic heterocycles. The van der Waals surface area contributed by atoms with Gasteiger partial charge in [0.15, 0.2) is 0 Å². The largest absolute Gasteiger partial charge is 0.371 e. The molecule has 0 aliphatic carbocycles. The molecule has 0 saturated carbocycles. The van der Waals surface area contributed by atoms with E-state index in [9.17, 15) is 4.79 Å². The molecule has 0 atom stereocenters. The quantitative estimate of drug-likeness (QED) is 0.849. The number of anilines is 2. The van der Waals surface area contributed by atoms with Crippen LogP contribution in [0.4, 0.5) is 11.4 Å². The number of rotatable bonds is 2. The van der Waals surface area contributed by atoms with Gasteiger partial charge in [-0.25, -0.2) is 0 Å². The summed E-state index contributed by atoms with van der Waals surface area (Å²) in [7, 11) is 0. The normalized spacial score (nSPS) is 17.9. The number of benzene rings is 1. The molecule has 1 aromatic heterocycles. The highest BCUT2D eigenvalue weighted by atomic mass is 16.2. The maximum absolute atomic E-state index is 12.9. The molecule has 4 heteroatoms. The Hall–Kier alpha value is -2.36. The summed E-state index contributed by atoms with van der Waals surface area (Å²) in [5.41, 5.74) is 3.93. The molecular formula is C20H23N3O. The van der Waals surface area contributed by atoms with Gasteiger partial charge in [0.1, 0.15) is 5.69 Å². The molecule has 4 nitrogen and oxygen atoms in total. The van der Waals surface area contributed by atoms with Gasteiger partial charge in [-0.2, -0.15) is 0 Å². The molecule has 124 valence electrons. The Balaban J connectivity index is 1.57. The molecule has 1 fully saturated rings. The number of hydrogen-bond acceptors (Lipinski definition) is 3. The van der Waals surface area contributed by atoms with Gasteiger partial charge >= 0.3 is 0 Å². The van der Waals surface area contributed by atoms with Gasteiger partial charge in [0.05, 0.1) is 0 Å². The predicted molar refractivity (Wildman–Crippen MR) is 96.7 cm³/mol. The molecule has 1 amide bonds. The molecule has 0 radical (unpaired) electrons. The lowest BCUT2D eigenvalue weighted by atomic mass is 9.99. The second-order valence-corrected chi connectivity index (χ2v) is 6.90. The summed E-state index contributed by atoms with van der Waals surface area (Å²) in [6.07, 6.45) is 5.12. The highest BCUT2D eigenvalue weighted by Crippen LogP contribution is 2.29. The standard InChI is InChI=1S/C20H23N3O/c1-15-7-11-22(12-8-15)17-6-10-21-18(14-17)20(24)23-13-9-16-4-2-3-5-19(16)23/h2-6,10,14-15H,7-9,11-13H2,1H3. The number of carbonyl (C=O) groups excluding carboxylic acids is 1. The topological polar surface area (TPSA) is 36.4 Å². The van der Waals surface area contributed by atoms with Crippen molar-refractivity contribution in [3.63, 3.8) is 0 Å². The maximum Gasteiger partial charge on any atom is 0.276 e. The Labute approximate surface area is 143 Å². The van der Waals surface area contributed by atoms with E-state index in [1.165, 1.54) is 18.4 Å². The monoisotopic (exact) mass is 321 g/mol. The Morgan fingerprint density at radius 3 is 2.75 bits per heavy atom. The summed E-state index contributed by atoms with van der Waals surface area (Å²) in [6, 6.07) is 12.1. The summed E-state index contributed by atoms with van der Waals surface area (Å²) in [5, 5.41) is 0. The summed E-state index contributed by atoms with van der Waals surface area (Å²) < 4.78 is 0. The van der Waals surface area contributed by atoms with E-state index >= 15 is 0 Å². The lowest BCUT2D eigenvalue weighted by molar-refractivity contribution is 0.0984. The summed E-state index contributed by atoms with van der Waals surface area (Å²) in [4.78, 5) is 21.5. The molecule has 1 aromatic carbocycles. The molecule has 24 heavy (non-hydrogen) atoms. The SMILES string of the molecule is CC1CCN(c2ccnc(C(=O)N3CCc4ccccc43)c2)CC1. The van der Waals surface area contributed by atoms with E-state index in [2.05, 4.69) is 22.9 Å². The molecule has 2 aromatic rings. The third-order valence-electron chi connectivity index (χ3n) is 5.24. The zero-order valence-corrected chi connectivity index (χ0v) is 14.1. The number of aromatic nitrogens is 1. The average Bonchev–Trinajstić information content (AvgIpc) is 3.06. The van der Waals surface area contributed by atoms with E-state index in [1.54, 1.807) is 6.20 Å². The van der Waals surface area contributed by atoms with Crippen molar-refractivity contribution in [3.8, 4) is 0 Å². The van der Waals surface area contributed by atoms with Crippen molar-refractivity contribution in [1.29, 1.82) is 0 Å². The average molecular weight is 321 g/mol. The maximum atomic E-state index is 12.9. The fraction of sp³-hybridized carbons (Fsp3) is 0.400. The lowest BCUT2D eigenvalue weighted by Crippen LogP contribution is -2.33. The highest BCUT2D eigenvalue weighted by molar-refractivity contribution is 6.06. The molecule has 1 saturated heterocycles. The molecule has 2 aliphatic rings. The third kappa shape index (κ3) is 2.77. The molecule has 0 bridgehead atoms. The van der Waals surface area contributed by atoms with Crippen molar-refractivity contribution in [3.05, 3.63) is 53.9 Å². The number of piperidine rings is 1. The summed E-state index contributed by atoms with van der Waals surface area (Å²) in [5.74, 6) is 0.803. The van der Waals surface area contributed by atoms with E-state index in [-0.39, 0.29) is 5.91 Å². The van der Waals surface area contributed by atoms with Crippen LogP contribution >= 0.6 is 0 Å². The number of carbonyl (C=O) groups is 1. The van der Waals surface area contributed by atoms with Crippen LogP contribution in [0.3, 0.4) is 0 Å². The Bertz CT molecular complexity index is 750. The smallest absolute Gasteiger partial charge is 0.276 e. The van der Waals surface area contributed by atoms with Gasteiger partial charge in [0, 0.05) is 37.2 Å². The lowest BCUT2D eigenvalue weighted by Gasteiger charge is -2.32. The molecule has 0 spiro atoms.